The van der Waals surface area contributed by atoms with Crippen LogP contribution in [0.3, 0.4) is 0 Å². The number of benzene rings is 1. The predicted octanol–water partition coefficient (Wildman–Crippen LogP) is 2.04. The first kappa shape index (κ1) is 7.41. The summed E-state index contributed by atoms with van der Waals surface area (Å²) in [6.45, 7) is 0. The van der Waals surface area contributed by atoms with Crippen molar-refractivity contribution in [1.82, 2.24) is 0 Å². The maximum Gasteiger partial charge on any atom is 0.135 e. The van der Waals surface area contributed by atoms with Gasteiger partial charge in [0.1, 0.15) is 5.75 Å². The highest BCUT2D eigenvalue weighted by Gasteiger charge is 2.00. The molecule has 54 valence electrons. The molecule has 0 aliphatic heterocycles. The predicted molar refractivity (Wildman–Crippen MR) is 45.1 cm³/mol. The van der Waals surface area contributed by atoms with Crippen molar-refractivity contribution in [1.29, 1.82) is 0 Å². The van der Waals surface area contributed by atoms with E-state index in [4.69, 9.17) is 10.5 Å². The SMILES string of the molecule is COc1cccc(N)c1Br. The van der Waals surface area contributed by atoms with Gasteiger partial charge in [0.2, 0.25) is 0 Å². The fourth-order valence-electron chi connectivity index (χ4n) is 0.685. The van der Waals surface area contributed by atoms with E-state index in [0.717, 1.165) is 10.2 Å². The lowest BCUT2D eigenvalue weighted by molar-refractivity contribution is 0.412. The molecule has 0 radical (unpaired) electrons. The van der Waals surface area contributed by atoms with Gasteiger partial charge in [-0.3, -0.25) is 0 Å². The van der Waals surface area contributed by atoms with Crippen molar-refractivity contribution in [2.75, 3.05) is 12.8 Å². The van der Waals surface area contributed by atoms with Gasteiger partial charge in [-0.25, -0.2) is 0 Å². The van der Waals surface area contributed by atoms with Crippen LogP contribution in [0.15, 0.2) is 22.7 Å². The van der Waals surface area contributed by atoms with Gasteiger partial charge in [0.05, 0.1) is 11.6 Å². The zero-order valence-electron chi connectivity index (χ0n) is 5.60. The zero-order valence-corrected chi connectivity index (χ0v) is 7.18. The monoisotopic (exact) mass is 201 g/mol. The summed E-state index contributed by atoms with van der Waals surface area (Å²) < 4.78 is 5.82. The van der Waals surface area contributed by atoms with E-state index in [0.29, 0.717) is 5.69 Å². The molecule has 2 N–H and O–H groups in total. The Morgan fingerprint density at radius 1 is 1.50 bits per heavy atom. The van der Waals surface area contributed by atoms with Crippen LogP contribution in [0.2, 0.25) is 0 Å². The molecule has 2 nitrogen and oxygen atoms in total. The standard InChI is InChI=1S/C7H8BrNO/c1-10-6-4-2-3-5(9)7(6)8/h2-4H,9H2,1H3. The average molecular weight is 202 g/mol. The molecule has 10 heavy (non-hydrogen) atoms. The normalized spacial score (nSPS) is 9.40. The van der Waals surface area contributed by atoms with Crippen LogP contribution in [0.4, 0.5) is 5.69 Å². The van der Waals surface area contributed by atoms with Gasteiger partial charge in [-0.1, -0.05) is 6.07 Å². The van der Waals surface area contributed by atoms with Crippen LogP contribution in [0, 0.1) is 0 Å². The Balaban J connectivity index is 3.14. The van der Waals surface area contributed by atoms with Crippen LogP contribution in [-0.4, -0.2) is 7.11 Å². The van der Waals surface area contributed by atoms with E-state index in [1.54, 1.807) is 7.11 Å². The summed E-state index contributed by atoms with van der Waals surface area (Å²) in [5.41, 5.74) is 6.26. The van der Waals surface area contributed by atoms with E-state index < -0.39 is 0 Å². The van der Waals surface area contributed by atoms with Crippen LogP contribution < -0.4 is 10.5 Å². The molecule has 0 atom stereocenters. The summed E-state index contributed by atoms with van der Waals surface area (Å²) in [5.74, 6) is 0.764. The number of ether oxygens (including phenoxy) is 1. The summed E-state index contributed by atoms with van der Waals surface area (Å²) in [6.07, 6.45) is 0. The van der Waals surface area contributed by atoms with Gasteiger partial charge in [0.15, 0.2) is 0 Å². The molecule has 0 saturated carbocycles. The summed E-state index contributed by atoms with van der Waals surface area (Å²) in [7, 11) is 1.61. The van der Waals surface area contributed by atoms with Crippen molar-refractivity contribution in [2.45, 2.75) is 0 Å². The molecule has 3 heteroatoms. The summed E-state index contributed by atoms with van der Waals surface area (Å²) in [6, 6.07) is 5.51. The third kappa shape index (κ3) is 1.24. The number of anilines is 1. The van der Waals surface area contributed by atoms with Crippen LogP contribution in [-0.2, 0) is 0 Å². The van der Waals surface area contributed by atoms with Gasteiger partial charge in [-0.2, -0.15) is 0 Å². The van der Waals surface area contributed by atoms with Gasteiger partial charge in [0, 0.05) is 5.69 Å². The molecular weight excluding hydrogens is 194 g/mol. The van der Waals surface area contributed by atoms with Crippen molar-refractivity contribution >= 4 is 21.6 Å². The lowest BCUT2D eigenvalue weighted by Gasteiger charge is -2.03. The lowest BCUT2D eigenvalue weighted by atomic mass is 10.3. The second kappa shape index (κ2) is 2.92. The third-order valence-electron chi connectivity index (χ3n) is 1.21. The highest BCUT2D eigenvalue weighted by molar-refractivity contribution is 9.10. The van der Waals surface area contributed by atoms with Gasteiger partial charge < -0.3 is 10.5 Å². The van der Waals surface area contributed by atoms with Crippen molar-refractivity contribution in [2.24, 2.45) is 0 Å². The molecule has 1 rings (SSSR count). The number of hydrogen-bond acceptors (Lipinski definition) is 2. The van der Waals surface area contributed by atoms with Crippen LogP contribution >= 0.6 is 15.9 Å². The van der Waals surface area contributed by atoms with Gasteiger partial charge in [0.25, 0.3) is 0 Å². The summed E-state index contributed by atoms with van der Waals surface area (Å²) >= 11 is 3.29. The Kier molecular flexibility index (Phi) is 2.17. The molecule has 1 aromatic rings. The highest BCUT2D eigenvalue weighted by atomic mass is 79.9. The number of methoxy groups -OCH3 is 1. The van der Waals surface area contributed by atoms with Crippen molar-refractivity contribution < 1.29 is 4.74 Å². The minimum atomic E-state index is 0.694. The first-order chi connectivity index (χ1) is 4.75. The molecule has 0 aromatic heterocycles. The Bertz CT molecular complexity index is 237. The minimum absolute atomic E-state index is 0.694. The van der Waals surface area contributed by atoms with E-state index in [1.807, 2.05) is 18.2 Å². The molecule has 0 aliphatic carbocycles. The van der Waals surface area contributed by atoms with E-state index in [9.17, 15) is 0 Å². The third-order valence-corrected chi connectivity index (χ3v) is 2.06. The number of halogens is 1. The minimum Gasteiger partial charge on any atom is -0.495 e. The van der Waals surface area contributed by atoms with Crippen LogP contribution in [0.25, 0.3) is 0 Å². The summed E-state index contributed by atoms with van der Waals surface area (Å²) in [4.78, 5) is 0. The van der Waals surface area contributed by atoms with Crippen molar-refractivity contribution in [3.63, 3.8) is 0 Å². The van der Waals surface area contributed by atoms with Gasteiger partial charge in [-0.05, 0) is 28.1 Å². The Labute approximate surface area is 68.1 Å². The number of nitrogen functional groups attached to an aromatic ring is 1. The average Bonchev–Trinajstić information content (AvgIpc) is 1.95. The van der Waals surface area contributed by atoms with Gasteiger partial charge >= 0.3 is 0 Å². The lowest BCUT2D eigenvalue weighted by Crippen LogP contribution is -1.89. The summed E-state index contributed by atoms with van der Waals surface area (Å²) in [5, 5.41) is 0. The van der Waals surface area contributed by atoms with E-state index >= 15 is 0 Å². The largest absolute Gasteiger partial charge is 0.495 e. The second-order valence-corrected chi connectivity index (χ2v) is 2.66. The van der Waals surface area contributed by atoms with Gasteiger partial charge in [-0.15, -0.1) is 0 Å². The molecular formula is C7H8BrNO. The molecule has 0 fully saturated rings. The maximum atomic E-state index is 5.57. The molecule has 0 heterocycles. The topological polar surface area (TPSA) is 35.2 Å². The van der Waals surface area contributed by atoms with Crippen molar-refractivity contribution in [3.05, 3.63) is 22.7 Å². The smallest absolute Gasteiger partial charge is 0.135 e. The number of nitrogens with two attached hydrogens (primary N) is 1. The first-order valence-corrected chi connectivity index (χ1v) is 3.63. The second-order valence-electron chi connectivity index (χ2n) is 1.86. The Hall–Kier alpha value is -0.700. The Morgan fingerprint density at radius 2 is 2.20 bits per heavy atom. The quantitative estimate of drug-likeness (QED) is 0.707. The molecule has 0 amide bonds. The fraction of sp³-hybridized carbons (Fsp3) is 0.143. The van der Waals surface area contributed by atoms with Crippen molar-refractivity contribution in [3.8, 4) is 5.75 Å². The Morgan fingerprint density at radius 3 is 2.70 bits per heavy atom. The van der Waals surface area contributed by atoms with E-state index in [-0.39, 0.29) is 0 Å². The first-order valence-electron chi connectivity index (χ1n) is 2.83. The fourth-order valence-corrected chi connectivity index (χ4v) is 1.11. The number of hydrogen-bond donors (Lipinski definition) is 1. The molecule has 0 aliphatic rings. The highest BCUT2D eigenvalue weighted by Crippen LogP contribution is 2.29. The van der Waals surface area contributed by atoms with Crippen LogP contribution in [0.1, 0.15) is 0 Å². The molecule has 1 aromatic carbocycles. The molecule has 0 saturated heterocycles. The molecule has 0 bridgehead atoms. The van der Waals surface area contributed by atoms with E-state index in [2.05, 4.69) is 15.9 Å². The number of rotatable bonds is 1. The van der Waals surface area contributed by atoms with E-state index in [1.165, 1.54) is 0 Å². The zero-order chi connectivity index (χ0) is 7.56. The maximum absolute atomic E-state index is 5.57. The molecule has 0 spiro atoms. The molecule has 0 unspecified atom stereocenters. The van der Waals surface area contributed by atoms with Crippen LogP contribution in [0.5, 0.6) is 5.75 Å².